The third-order valence-corrected chi connectivity index (χ3v) is 10.3. The molecule has 1 aliphatic heterocycles. The lowest BCUT2D eigenvalue weighted by molar-refractivity contribution is -0.141. The summed E-state index contributed by atoms with van der Waals surface area (Å²) in [6.45, 7) is 18.0. The Kier molecular flexibility index (Phi) is 12.5. The van der Waals surface area contributed by atoms with E-state index in [1.807, 2.05) is 12.1 Å². The number of carbonyl (C=O) groups is 4. The zero-order valence-corrected chi connectivity index (χ0v) is 32.6. The van der Waals surface area contributed by atoms with Crippen LogP contribution < -0.4 is 10.5 Å². The highest BCUT2D eigenvalue weighted by Gasteiger charge is 2.46. The lowest BCUT2D eigenvalue weighted by Crippen LogP contribution is -2.65. The van der Waals surface area contributed by atoms with Gasteiger partial charge in [0.2, 0.25) is 5.62 Å². The van der Waals surface area contributed by atoms with Gasteiger partial charge in [-0.3, -0.25) is 23.9 Å². The van der Waals surface area contributed by atoms with Gasteiger partial charge in [-0.25, -0.2) is 13.6 Å². The molecule has 3 aromatic rings. The predicted molar refractivity (Wildman–Crippen MR) is 196 cm³/mol. The fourth-order valence-corrected chi connectivity index (χ4v) is 6.56. The average molecular weight is 744 g/mol. The van der Waals surface area contributed by atoms with Gasteiger partial charge in [-0.05, 0) is 77.4 Å². The molecule has 0 radical (unpaired) electrons. The van der Waals surface area contributed by atoms with Gasteiger partial charge < -0.3 is 23.7 Å². The van der Waals surface area contributed by atoms with E-state index in [1.54, 1.807) is 54.7 Å². The first kappa shape index (κ1) is 40.4. The molecule has 52 heavy (non-hydrogen) atoms. The number of fused-ring (bicyclic) bond motifs is 1. The summed E-state index contributed by atoms with van der Waals surface area (Å²) >= 11 is 0. The van der Waals surface area contributed by atoms with Crippen molar-refractivity contribution in [3.05, 3.63) is 59.2 Å². The first-order valence-electron chi connectivity index (χ1n) is 17.4. The van der Waals surface area contributed by atoms with Gasteiger partial charge in [-0.15, -0.1) is 0 Å². The number of imidazole rings is 1. The number of amides is 3. The molecule has 284 valence electrons. The minimum atomic E-state index is -2.76. The normalized spacial score (nSPS) is 15.5. The van der Waals surface area contributed by atoms with Crippen LogP contribution in [0.2, 0.25) is 25.7 Å². The van der Waals surface area contributed by atoms with E-state index in [4.69, 9.17) is 14.2 Å². The van der Waals surface area contributed by atoms with Gasteiger partial charge in [0.1, 0.15) is 17.9 Å². The van der Waals surface area contributed by atoms with Crippen molar-refractivity contribution < 1.29 is 42.2 Å². The molecule has 0 atom stereocenters. The van der Waals surface area contributed by atoms with E-state index in [0.717, 1.165) is 12.1 Å². The second kappa shape index (κ2) is 16.1. The molecule has 15 heteroatoms. The van der Waals surface area contributed by atoms with E-state index in [0.29, 0.717) is 29.7 Å². The van der Waals surface area contributed by atoms with E-state index in [9.17, 15) is 28.0 Å². The molecule has 0 saturated carbocycles. The second-order valence-corrected chi connectivity index (χ2v) is 21.2. The molecule has 2 heterocycles. The lowest BCUT2D eigenvalue weighted by atomic mass is 9.97. The number of ether oxygens (including phenoxy) is 3. The van der Waals surface area contributed by atoms with E-state index in [2.05, 4.69) is 24.6 Å². The SMILES string of the molecule is CC(=O)OCCCn1c(=NC(=O)c2cccc(C(F)F)c2)n(COCC[Si](C)(C)C)c2cc(N3CCN(C(=O)OC(C)(C)C)C(C)(C)C3=O)ccc21. The van der Waals surface area contributed by atoms with Crippen LogP contribution in [0.15, 0.2) is 47.5 Å². The number of alkyl halides is 2. The molecule has 4 rings (SSSR count). The second-order valence-electron chi connectivity index (χ2n) is 15.6. The van der Waals surface area contributed by atoms with Crippen LogP contribution in [0.5, 0.6) is 0 Å². The van der Waals surface area contributed by atoms with Crippen LogP contribution in [-0.2, 0) is 37.1 Å². The molecule has 0 unspecified atom stereocenters. The van der Waals surface area contributed by atoms with Crippen LogP contribution >= 0.6 is 0 Å². The van der Waals surface area contributed by atoms with Crippen molar-refractivity contribution in [3.8, 4) is 0 Å². The Labute approximate surface area is 304 Å². The largest absolute Gasteiger partial charge is 0.466 e. The fraction of sp³-hybridized carbons (Fsp3) is 0.541. The molecular weight excluding hydrogens is 693 g/mol. The molecule has 1 aliphatic rings. The molecular formula is C37H51F2N5O7Si. The molecule has 12 nitrogen and oxygen atoms in total. The maximum Gasteiger partial charge on any atom is 0.411 e. The molecule has 0 spiro atoms. The van der Waals surface area contributed by atoms with Crippen LogP contribution in [0.1, 0.15) is 70.3 Å². The van der Waals surface area contributed by atoms with E-state index < -0.39 is 43.6 Å². The van der Waals surface area contributed by atoms with Crippen LogP contribution in [0.25, 0.3) is 11.0 Å². The summed E-state index contributed by atoms with van der Waals surface area (Å²) in [6, 6.07) is 11.5. The highest BCUT2D eigenvalue weighted by molar-refractivity contribution is 6.76. The summed E-state index contributed by atoms with van der Waals surface area (Å²) in [5.74, 6) is -1.45. The summed E-state index contributed by atoms with van der Waals surface area (Å²) in [5.41, 5.74) is -0.218. The highest BCUT2D eigenvalue weighted by Crippen LogP contribution is 2.31. The third-order valence-electron chi connectivity index (χ3n) is 8.57. The summed E-state index contributed by atoms with van der Waals surface area (Å²) in [4.78, 5) is 59.7. The Bertz CT molecular complexity index is 1870. The summed E-state index contributed by atoms with van der Waals surface area (Å²) in [7, 11) is -1.45. The van der Waals surface area contributed by atoms with Crippen LogP contribution in [0, 0.1) is 0 Å². The summed E-state index contributed by atoms with van der Waals surface area (Å²) in [5, 5.41) is 0. The van der Waals surface area contributed by atoms with E-state index >= 15 is 0 Å². The Morgan fingerprint density at radius 1 is 0.981 bits per heavy atom. The number of carbonyl (C=O) groups excluding carboxylic acids is 4. The van der Waals surface area contributed by atoms with Crippen LogP contribution in [-0.4, -0.2) is 83.4 Å². The number of halogens is 2. The molecule has 1 aromatic heterocycles. The topological polar surface area (TPSA) is 125 Å². The van der Waals surface area contributed by atoms with Crippen molar-refractivity contribution >= 4 is 48.7 Å². The van der Waals surface area contributed by atoms with Gasteiger partial charge in [0.15, 0.2) is 0 Å². The van der Waals surface area contributed by atoms with Gasteiger partial charge in [-0.1, -0.05) is 31.8 Å². The zero-order chi connectivity index (χ0) is 38.6. The van der Waals surface area contributed by atoms with Gasteiger partial charge in [0.05, 0.1) is 17.6 Å². The number of benzene rings is 2. The number of aromatic nitrogens is 2. The van der Waals surface area contributed by atoms with Crippen LogP contribution in [0.3, 0.4) is 0 Å². The van der Waals surface area contributed by atoms with Crippen molar-refractivity contribution in [2.45, 2.75) is 104 Å². The number of hydrogen-bond acceptors (Lipinski definition) is 7. The minimum Gasteiger partial charge on any atom is -0.466 e. The highest BCUT2D eigenvalue weighted by atomic mass is 28.3. The average Bonchev–Trinajstić information content (AvgIpc) is 3.32. The third kappa shape index (κ3) is 9.94. The van der Waals surface area contributed by atoms with Gasteiger partial charge in [-0.2, -0.15) is 4.99 Å². The van der Waals surface area contributed by atoms with Crippen molar-refractivity contribution in [2.24, 2.45) is 4.99 Å². The number of nitrogens with zero attached hydrogens (tertiary/aromatic N) is 5. The van der Waals surface area contributed by atoms with Gasteiger partial charge in [0, 0.05) is 58.1 Å². The van der Waals surface area contributed by atoms with Crippen molar-refractivity contribution in [2.75, 3.05) is 31.2 Å². The number of anilines is 1. The molecule has 1 saturated heterocycles. The number of rotatable bonds is 12. The molecule has 0 bridgehead atoms. The summed E-state index contributed by atoms with van der Waals surface area (Å²) in [6.07, 6.45) is -2.95. The first-order valence-corrected chi connectivity index (χ1v) is 21.1. The molecule has 0 N–H and O–H groups in total. The van der Waals surface area contributed by atoms with Crippen molar-refractivity contribution in [3.63, 3.8) is 0 Å². The zero-order valence-electron chi connectivity index (χ0n) is 31.6. The predicted octanol–water partition coefficient (Wildman–Crippen LogP) is 6.75. The minimum absolute atomic E-state index is 0.00269. The van der Waals surface area contributed by atoms with Gasteiger partial charge >= 0.3 is 12.1 Å². The molecule has 3 amide bonds. The van der Waals surface area contributed by atoms with E-state index in [-0.39, 0.29) is 55.6 Å². The quantitative estimate of drug-likeness (QED) is 0.114. The smallest absolute Gasteiger partial charge is 0.411 e. The molecule has 0 aliphatic carbocycles. The Hall–Kier alpha value is -4.37. The Balaban J connectivity index is 1.84. The van der Waals surface area contributed by atoms with Crippen molar-refractivity contribution in [1.82, 2.24) is 14.0 Å². The maximum absolute atomic E-state index is 14.0. The monoisotopic (exact) mass is 743 g/mol. The Morgan fingerprint density at radius 2 is 1.69 bits per heavy atom. The summed E-state index contributed by atoms with van der Waals surface area (Å²) < 4.78 is 47.5. The maximum atomic E-state index is 14.0. The van der Waals surface area contributed by atoms with E-state index in [1.165, 1.54) is 30.0 Å². The number of esters is 1. The van der Waals surface area contributed by atoms with Gasteiger partial charge in [0.25, 0.3) is 18.2 Å². The molecule has 1 fully saturated rings. The Morgan fingerprint density at radius 3 is 2.33 bits per heavy atom. The standard InChI is InChI=1S/C37H51F2N5O7Si/c1-25(45)50-19-11-16-42-29-15-14-28(41-17-18-44(37(5,6)33(41)47)35(48)51-36(2,3)4)23-30(29)43(24-49-20-21-52(7,8)9)34(42)40-32(46)27-13-10-12-26(22-27)31(38)39/h10,12-15,22-23,31H,11,16-21,24H2,1-9H3. The number of aryl methyl sites for hydroxylation is 1. The number of piperazine rings is 1. The molecule has 2 aromatic carbocycles. The number of hydrogen-bond donors (Lipinski definition) is 0. The van der Waals surface area contributed by atoms with Crippen molar-refractivity contribution in [1.29, 1.82) is 0 Å². The van der Waals surface area contributed by atoms with Crippen LogP contribution in [0.4, 0.5) is 19.3 Å². The first-order chi connectivity index (χ1) is 24.2. The fourth-order valence-electron chi connectivity index (χ4n) is 5.80. The lowest BCUT2D eigenvalue weighted by Gasteiger charge is -2.45.